The van der Waals surface area contributed by atoms with E-state index >= 15 is 0 Å². The number of carbonyl (C=O) groups excluding carboxylic acids is 1. The highest BCUT2D eigenvalue weighted by molar-refractivity contribution is 7.89. The Morgan fingerprint density at radius 3 is 2.39 bits per heavy atom. The minimum atomic E-state index is -3.77. The molecule has 0 unspecified atom stereocenters. The Morgan fingerprint density at radius 1 is 1.06 bits per heavy atom. The van der Waals surface area contributed by atoms with Gasteiger partial charge in [0, 0.05) is 11.9 Å². The molecule has 0 atom stereocenters. The molecule has 2 N–H and O–H groups in total. The lowest BCUT2D eigenvalue weighted by molar-refractivity contribution is 0.0443. The van der Waals surface area contributed by atoms with Crippen molar-refractivity contribution in [3.8, 4) is 5.75 Å². The third-order valence-electron chi connectivity index (χ3n) is 4.52. The summed E-state index contributed by atoms with van der Waals surface area (Å²) in [5, 5.41) is 10.1. The van der Waals surface area contributed by atoms with Crippen LogP contribution in [0.15, 0.2) is 58.2 Å². The van der Waals surface area contributed by atoms with E-state index in [0.29, 0.717) is 23.1 Å². The lowest BCUT2D eigenvalue weighted by atomic mass is 10.1. The van der Waals surface area contributed by atoms with Gasteiger partial charge in [0.1, 0.15) is 19.0 Å². The van der Waals surface area contributed by atoms with Crippen LogP contribution in [-0.4, -0.2) is 37.4 Å². The van der Waals surface area contributed by atoms with Crippen molar-refractivity contribution in [2.45, 2.75) is 31.2 Å². The van der Waals surface area contributed by atoms with Gasteiger partial charge >= 0.3 is 5.97 Å². The Balaban J connectivity index is 1.67. The molecule has 0 radical (unpaired) electrons. The number of sulfonamides is 1. The second-order valence-corrected chi connectivity index (χ2v) is 8.34. The molecule has 1 aromatic heterocycles. The molecule has 10 heteroatoms. The van der Waals surface area contributed by atoms with Gasteiger partial charge in [-0.25, -0.2) is 23.0 Å². The summed E-state index contributed by atoms with van der Waals surface area (Å²) in [6, 6.07) is 12.4. The van der Waals surface area contributed by atoms with Gasteiger partial charge in [0.15, 0.2) is 5.69 Å². The minimum absolute atomic E-state index is 0.0255. The van der Waals surface area contributed by atoms with Crippen molar-refractivity contribution < 1.29 is 22.7 Å². The quantitative estimate of drug-likeness (QED) is 0.394. The fourth-order valence-electron chi connectivity index (χ4n) is 2.93. The van der Waals surface area contributed by atoms with E-state index in [-0.39, 0.29) is 29.4 Å². The average Bonchev–Trinajstić information content (AvgIpc) is 2.76. The number of aromatic nitrogens is 2. The van der Waals surface area contributed by atoms with Crippen molar-refractivity contribution in [3.05, 3.63) is 64.6 Å². The zero-order valence-electron chi connectivity index (χ0n) is 17.0. The average molecular weight is 445 g/mol. The predicted molar refractivity (Wildman–Crippen MR) is 115 cm³/mol. The first-order chi connectivity index (χ1) is 14.8. The van der Waals surface area contributed by atoms with Gasteiger partial charge in [-0.2, -0.15) is 5.10 Å². The molecule has 0 saturated carbocycles. The van der Waals surface area contributed by atoms with Crippen LogP contribution in [0.3, 0.4) is 0 Å². The molecular weight excluding hydrogens is 422 g/mol. The third kappa shape index (κ3) is 5.47. The first-order valence-electron chi connectivity index (χ1n) is 9.74. The Bertz CT molecular complexity index is 1240. The van der Waals surface area contributed by atoms with Gasteiger partial charge in [0.2, 0.25) is 10.0 Å². The summed E-state index contributed by atoms with van der Waals surface area (Å²) in [6.45, 7) is 2.41. The highest BCUT2D eigenvalue weighted by Gasteiger charge is 2.18. The highest BCUT2D eigenvalue weighted by atomic mass is 32.2. The van der Waals surface area contributed by atoms with Crippen LogP contribution in [0.2, 0.25) is 0 Å². The number of hydrogen-bond acceptors (Lipinski definition) is 7. The number of benzene rings is 2. The van der Waals surface area contributed by atoms with Crippen LogP contribution in [0.1, 0.15) is 30.3 Å². The van der Waals surface area contributed by atoms with E-state index in [1.54, 1.807) is 24.3 Å². The lowest BCUT2D eigenvalue weighted by Gasteiger charge is -2.11. The van der Waals surface area contributed by atoms with E-state index in [9.17, 15) is 18.0 Å². The van der Waals surface area contributed by atoms with E-state index in [2.05, 4.69) is 5.10 Å². The predicted octanol–water partition coefficient (Wildman–Crippen LogP) is 2.08. The maximum Gasteiger partial charge on any atom is 0.359 e. The molecule has 0 aliphatic rings. The molecular formula is C21H23N3O6S. The summed E-state index contributed by atoms with van der Waals surface area (Å²) in [5.74, 6) is -0.255. The first kappa shape index (κ1) is 22.4. The SMILES string of the molecule is CCCCn1nc(C(=O)OCCOc2ccc(S(N)(=O)=O)cc2)c2ccccc2c1=O. The van der Waals surface area contributed by atoms with Crippen molar-refractivity contribution in [3.63, 3.8) is 0 Å². The zero-order chi connectivity index (χ0) is 22.4. The summed E-state index contributed by atoms with van der Waals surface area (Å²) in [4.78, 5) is 25.2. The van der Waals surface area contributed by atoms with Gasteiger partial charge in [0.25, 0.3) is 5.56 Å². The van der Waals surface area contributed by atoms with E-state index in [0.717, 1.165) is 12.8 Å². The summed E-state index contributed by atoms with van der Waals surface area (Å²) in [6.07, 6.45) is 1.65. The first-order valence-corrected chi connectivity index (χ1v) is 11.3. The van der Waals surface area contributed by atoms with Gasteiger partial charge in [-0.1, -0.05) is 31.5 Å². The highest BCUT2D eigenvalue weighted by Crippen LogP contribution is 2.16. The molecule has 164 valence electrons. The topological polar surface area (TPSA) is 131 Å². The number of rotatable bonds is 9. The molecule has 2 aromatic carbocycles. The Morgan fingerprint density at radius 2 is 1.74 bits per heavy atom. The molecule has 31 heavy (non-hydrogen) atoms. The minimum Gasteiger partial charge on any atom is -0.490 e. The van der Waals surface area contributed by atoms with E-state index in [4.69, 9.17) is 14.6 Å². The molecule has 0 aliphatic heterocycles. The second kappa shape index (κ2) is 9.71. The molecule has 9 nitrogen and oxygen atoms in total. The van der Waals surface area contributed by atoms with Gasteiger partial charge in [-0.3, -0.25) is 4.79 Å². The van der Waals surface area contributed by atoms with Crippen LogP contribution < -0.4 is 15.4 Å². The second-order valence-electron chi connectivity index (χ2n) is 6.78. The van der Waals surface area contributed by atoms with Crippen molar-refractivity contribution in [1.82, 2.24) is 9.78 Å². The fourth-order valence-corrected chi connectivity index (χ4v) is 3.45. The molecule has 0 fully saturated rings. The molecule has 3 aromatic rings. The molecule has 0 bridgehead atoms. The molecule has 3 rings (SSSR count). The summed E-state index contributed by atoms with van der Waals surface area (Å²) < 4.78 is 34.6. The standard InChI is InChI=1S/C21H23N3O6S/c1-2-3-12-24-20(25)18-7-5-4-6-17(18)19(23-24)21(26)30-14-13-29-15-8-10-16(11-9-15)31(22,27)28/h4-11H,2-3,12-14H2,1H3,(H2,22,27,28). The van der Waals surface area contributed by atoms with E-state index in [1.807, 2.05) is 6.92 Å². The summed E-state index contributed by atoms with van der Waals surface area (Å²) in [5.41, 5.74) is -0.171. The van der Waals surface area contributed by atoms with Crippen LogP contribution in [0.5, 0.6) is 5.75 Å². The van der Waals surface area contributed by atoms with Crippen molar-refractivity contribution >= 4 is 26.8 Å². The number of unbranched alkanes of at least 4 members (excludes halogenated alkanes) is 1. The van der Waals surface area contributed by atoms with Gasteiger partial charge in [-0.05, 0) is 36.8 Å². The number of carbonyl (C=O) groups is 1. The number of ether oxygens (including phenoxy) is 2. The molecule has 0 amide bonds. The van der Waals surface area contributed by atoms with Gasteiger partial charge in [0.05, 0.1) is 10.3 Å². The number of aryl methyl sites for hydroxylation is 1. The lowest BCUT2D eigenvalue weighted by Crippen LogP contribution is -2.27. The normalized spacial score (nSPS) is 11.4. The van der Waals surface area contributed by atoms with Crippen LogP contribution in [-0.2, 0) is 21.3 Å². The summed E-state index contributed by atoms with van der Waals surface area (Å²) in [7, 11) is -3.77. The maximum absolute atomic E-state index is 12.6. The maximum atomic E-state index is 12.6. The summed E-state index contributed by atoms with van der Waals surface area (Å²) >= 11 is 0. The number of nitrogens with two attached hydrogens (primary N) is 1. The van der Waals surface area contributed by atoms with Gasteiger partial charge < -0.3 is 9.47 Å². The van der Waals surface area contributed by atoms with E-state index in [1.165, 1.54) is 28.9 Å². The van der Waals surface area contributed by atoms with Crippen molar-refractivity contribution in [2.75, 3.05) is 13.2 Å². The largest absolute Gasteiger partial charge is 0.490 e. The van der Waals surface area contributed by atoms with Gasteiger partial charge in [-0.15, -0.1) is 0 Å². The number of fused-ring (bicyclic) bond motifs is 1. The van der Waals surface area contributed by atoms with E-state index < -0.39 is 16.0 Å². The van der Waals surface area contributed by atoms with Crippen LogP contribution in [0, 0.1) is 0 Å². The van der Waals surface area contributed by atoms with Crippen LogP contribution in [0.25, 0.3) is 10.8 Å². The van der Waals surface area contributed by atoms with Crippen LogP contribution >= 0.6 is 0 Å². The zero-order valence-corrected chi connectivity index (χ0v) is 17.8. The van der Waals surface area contributed by atoms with Crippen molar-refractivity contribution in [1.29, 1.82) is 0 Å². The third-order valence-corrected chi connectivity index (χ3v) is 5.45. The van der Waals surface area contributed by atoms with Crippen molar-refractivity contribution in [2.24, 2.45) is 5.14 Å². The molecule has 1 heterocycles. The molecule has 0 aliphatic carbocycles. The number of esters is 1. The number of primary sulfonamides is 1. The Kier molecular flexibility index (Phi) is 7.03. The fraction of sp³-hybridized carbons (Fsp3) is 0.286. The Hall–Kier alpha value is -3.24. The smallest absolute Gasteiger partial charge is 0.359 e. The molecule has 0 spiro atoms. The Labute approximate surface area is 179 Å². The number of nitrogens with zero attached hydrogens (tertiary/aromatic N) is 2. The molecule has 0 saturated heterocycles. The van der Waals surface area contributed by atoms with Crippen LogP contribution in [0.4, 0.5) is 0 Å². The monoisotopic (exact) mass is 445 g/mol. The number of hydrogen-bond donors (Lipinski definition) is 1.